The Kier molecular flexibility index (Phi) is 3.29. The van der Waals surface area contributed by atoms with Gasteiger partial charge in [0, 0.05) is 10.2 Å². The lowest BCUT2D eigenvalue weighted by atomic mass is 10.2. The Labute approximate surface area is 124 Å². The van der Waals surface area contributed by atoms with Crippen molar-refractivity contribution in [3.05, 3.63) is 52.0 Å². The van der Waals surface area contributed by atoms with Gasteiger partial charge in [0.05, 0.1) is 10.2 Å². The van der Waals surface area contributed by atoms with Crippen LogP contribution in [0, 0.1) is 13.8 Å². The molecule has 4 heteroatoms. The normalized spacial score (nSPS) is 10.9. The zero-order chi connectivity index (χ0) is 13.4. The van der Waals surface area contributed by atoms with Crippen LogP contribution in [0.1, 0.15) is 11.1 Å². The highest BCUT2D eigenvalue weighted by atomic mass is 79.9. The summed E-state index contributed by atoms with van der Waals surface area (Å²) >= 11 is 5.19. The molecule has 19 heavy (non-hydrogen) atoms. The van der Waals surface area contributed by atoms with Crippen LogP contribution in [0.15, 0.2) is 40.9 Å². The number of anilines is 2. The molecule has 0 aliphatic rings. The molecule has 0 saturated heterocycles. The van der Waals surface area contributed by atoms with Gasteiger partial charge in [0.2, 0.25) is 0 Å². The second-order valence-electron chi connectivity index (χ2n) is 4.63. The van der Waals surface area contributed by atoms with Crippen molar-refractivity contribution >= 4 is 48.3 Å². The number of hydrogen-bond acceptors (Lipinski definition) is 3. The fraction of sp³-hybridized carbons (Fsp3) is 0.133. The summed E-state index contributed by atoms with van der Waals surface area (Å²) in [5, 5.41) is 4.30. The lowest BCUT2D eigenvalue weighted by Crippen LogP contribution is -1.89. The molecule has 0 unspecified atom stereocenters. The monoisotopic (exact) mass is 332 g/mol. The van der Waals surface area contributed by atoms with Crippen LogP contribution in [0.5, 0.6) is 0 Å². The Morgan fingerprint density at radius 1 is 1.05 bits per heavy atom. The number of aryl methyl sites for hydroxylation is 2. The number of nitrogens with zero attached hydrogens (tertiary/aromatic N) is 1. The molecule has 2 nitrogen and oxygen atoms in total. The summed E-state index contributed by atoms with van der Waals surface area (Å²) < 4.78 is 2.28. The summed E-state index contributed by atoms with van der Waals surface area (Å²) in [6.45, 7) is 4.17. The minimum atomic E-state index is 0.929. The highest BCUT2D eigenvalue weighted by molar-refractivity contribution is 9.10. The minimum absolute atomic E-state index is 0.929. The van der Waals surface area contributed by atoms with Crippen LogP contribution < -0.4 is 5.32 Å². The first-order valence-electron chi connectivity index (χ1n) is 6.01. The molecule has 1 aromatic heterocycles. The maximum Gasteiger partial charge on any atom is 0.188 e. The molecule has 0 aliphatic heterocycles. The van der Waals surface area contributed by atoms with Crippen molar-refractivity contribution in [2.75, 3.05) is 5.32 Å². The second-order valence-corrected chi connectivity index (χ2v) is 6.58. The van der Waals surface area contributed by atoms with Gasteiger partial charge >= 0.3 is 0 Å². The van der Waals surface area contributed by atoms with Gasteiger partial charge in [-0.05, 0) is 55.3 Å². The molecule has 0 spiro atoms. The highest BCUT2D eigenvalue weighted by Crippen LogP contribution is 2.30. The summed E-state index contributed by atoms with van der Waals surface area (Å²) in [5.74, 6) is 0. The first-order chi connectivity index (χ1) is 9.10. The molecule has 2 aromatic carbocycles. The molecule has 1 N–H and O–H groups in total. The maximum absolute atomic E-state index is 4.62. The number of hydrogen-bond donors (Lipinski definition) is 1. The fourth-order valence-corrected chi connectivity index (χ4v) is 3.50. The molecule has 3 aromatic rings. The van der Waals surface area contributed by atoms with Crippen LogP contribution >= 0.6 is 27.3 Å². The number of rotatable bonds is 2. The van der Waals surface area contributed by atoms with Crippen molar-refractivity contribution in [2.45, 2.75) is 13.8 Å². The van der Waals surface area contributed by atoms with Crippen LogP contribution in [0.25, 0.3) is 10.2 Å². The van der Waals surface area contributed by atoms with Crippen molar-refractivity contribution in [3.8, 4) is 0 Å². The lowest BCUT2D eigenvalue weighted by Gasteiger charge is -2.04. The van der Waals surface area contributed by atoms with E-state index in [0.717, 1.165) is 20.8 Å². The third-order valence-corrected chi connectivity index (χ3v) is 4.25. The first-order valence-corrected chi connectivity index (χ1v) is 7.62. The van der Waals surface area contributed by atoms with E-state index in [1.54, 1.807) is 11.3 Å². The predicted molar refractivity (Wildman–Crippen MR) is 86.5 cm³/mol. The predicted octanol–water partition coefficient (Wildman–Crippen LogP) is 5.42. The van der Waals surface area contributed by atoms with E-state index >= 15 is 0 Å². The van der Waals surface area contributed by atoms with E-state index < -0.39 is 0 Å². The molecule has 0 aliphatic carbocycles. The zero-order valence-electron chi connectivity index (χ0n) is 10.7. The van der Waals surface area contributed by atoms with Gasteiger partial charge in [0.25, 0.3) is 0 Å². The number of thiazole rings is 1. The average Bonchev–Trinajstić information content (AvgIpc) is 2.68. The van der Waals surface area contributed by atoms with Crippen LogP contribution in [0.4, 0.5) is 10.8 Å². The number of nitrogens with one attached hydrogen (secondary N) is 1. The molecule has 0 radical (unpaired) electrons. The van der Waals surface area contributed by atoms with Crippen LogP contribution in [-0.2, 0) is 0 Å². The Hall–Kier alpha value is -1.39. The lowest BCUT2D eigenvalue weighted by molar-refractivity contribution is 1.40. The first kappa shape index (κ1) is 12.6. The fourth-order valence-electron chi connectivity index (χ4n) is 2.02. The van der Waals surface area contributed by atoms with E-state index in [2.05, 4.69) is 76.5 Å². The van der Waals surface area contributed by atoms with E-state index in [-0.39, 0.29) is 0 Å². The van der Waals surface area contributed by atoms with Crippen molar-refractivity contribution < 1.29 is 0 Å². The Morgan fingerprint density at radius 2 is 1.89 bits per heavy atom. The molecule has 0 bridgehead atoms. The van der Waals surface area contributed by atoms with Gasteiger partial charge in [-0.1, -0.05) is 33.3 Å². The largest absolute Gasteiger partial charge is 0.331 e. The standard InChI is InChI=1S/C15H13BrN2S/c1-9-3-4-14-13(7-9)18-15(19-14)17-12-6-10(2)5-11(16)8-12/h3-8H,1-2H3,(H,17,18). The van der Waals surface area contributed by atoms with Crippen LogP contribution in [-0.4, -0.2) is 4.98 Å². The van der Waals surface area contributed by atoms with Crippen molar-refractivity contribution in [1.29, 1.82) is 0 Å². The summed E-state index contributed by atoms with van der Waals surface area (Å²) in [7, 11) is 0. The zero-order valence-corrected chi connectivity index (χ0v) is 13.1. The average molecular weight is 333 g/mol. The molecule has 1 heterocycles. The maximum atomic E-state index is 4.62. The van der Waals surface area contributed by atoms with Gasteiger partial charge in [-0.15, -0.1) is 0 Å². The van der Waals surface area contributed by atoms with Gasteiger partial charge in [-0.25, -0.2) is 4.98 Å². The topological polar surface area (TPSA) is 24.9 Å². The van der Waals surface area contributed by atoms with E-state index in [4.69, 9.17) is 0 Å². The third kappa shape index (κ3) is 2.80. The summed E-state index contributed by atoms with van der Waals surface area (Å²) in [6.07, 6.45) is 0. The minimum Gasteiger partial charge on any atom is -0.331 e. The molecule has 3 rings (SSSR count). The Bertz CT molecular complexity index is 729. The number of aromatic nitrogens is 1. The van der Waals surface area contributed by atoms with Crippen molar-refractivity contribution in [1.82, 2.24) is 4.98 Å². The van der Waals surface area contributed by atoms with Gasteiger partial charge in [0.15, 0.2) is 5.13 Å². The van der Waals surface area contributed by atoms with E-state index in [1.807, 2.05) is 0 Å². The van der Waals surface area contributed by atoms with E-state index in [9.17, 15) is 0 Å². The van der Waals surface area contributed by atoms with Crippen LogP contribution in [0.3, 0.4) is 0 Å². The van der Waals surface area contributed by atoms with Crippen molar-refractivity contribution in [2.24, 2.45) is 0 Å². The Balaban J connectivity index is 1.96. The number of benzene rings is 2. The highest BCUT2D eigenvalue weighted by Gasteiger charge is 2.05. The molecule has 0 amide bonds. The molecular formula is C15H13BrN2S. The van der Waals surface area contributed by atoms with E-state index in [0.29, 0.717) is 0 Å². The SMILES string of the molecule is Cc1cc(Br)cc(Nc2nc3cc(C)ccc3s2)c1. The van der Waals surface area contributed by atoms with Gasteiger partial charge in [0.1, 0.15) is 0 Å². The summed E-state index contributed by atoms with van der Waals surface area (Å²) in [4.78, 5) is 4.62. The van der Waals surface area contributed by atoms with E-state index in [1.165, 1.54) is 15.8 Å². The molecule has 0 fully saturated rings. The Morgan fingerprint density at radius 3 is 2.68 bits per heavy atom. The quantitative estimate of drug-likeness (QED) is 0.677. The number of halogens is 1. The van der Waals surface area contributed by atoms with Gasteiger partial charge in [-0.2, -0.15) is 0 Å². The molecular weight excluding hydrogens is 320 g/mol. The second kappa shape index (κ2) is 4.94. The number of fused-ring (bicyclic) bond motifs is 1. The molecule has 0 saturated carbocycles. The smallest absolute Gasteiger partial charge is 0.188 e. The van der Waals surface area contributed by atoms with Gasteiger partial charge in [-0.3, -0.25) is 0 Å². The van der Waals surface area contributed by atoms with Gasteiger partial charge < -0.3 is 5.32 Å². The van der Waals surface area contributed by atoms with Crippen LogP contribution in [0.2, 0.25) is 0 Å². The van der Waals surface area contributed by atoms with Crippen molar-refractivity contribution in [3.63, 3.8) is 0 Å². The summed E-state index contributed by atoms with van der Waals surface area (Å²) in [6, 6.07) is 12.6. The molecule has 0 atom stereocenters. The third-order valence-electron chi connectivity index (χ3n) is 2.84. The summed E-state index contributed by atoms with van der Waals surface area (Å²) in [5.41, 5.74) is 4.57. The molecule has 96 valence electrons.